The average molecular weight is 308 g/mol. The second-order valence-electron chi connectivity index (χ2n) is 4.85. The van der Waals surface area contributed by atoms with E-state index in [1.54, 1.807) is 4.90 Å². The van der Waals surface area contributed by atoms with Crippen LogP contribution in [-0.2, 0) is 9.59 Å². The molecular formula is C16H24N2O2S. The highest BCUT2D eigenvalue weighted by atomic mass is 32.2. The van der Waals surface area contributed by atoms with Crippen LogP contribution in [0.4, 0.5) is 5.69 Å². The van der Waals surface area contributed by atoms with Gasteiger partial charge in [-0.05, 0) is 44.9 Å². The van der Waals surface area contributed by atoms with Crippen LogP contribution in [0.3, 0.4) is 0 Å². The van der Waals surface area contributed by atoms with E-state index in [0.717, 1.165) is 16.8 Å². The summed E-state index contributed by atoms with van der Waals surface area (Å²) in [6.45, 7) is 9.35. The molecule has 0 heterocycles. The predicted molar refractivity (Wildman–Crippen MR) is 89.8 cm³/mol. The van der Waals surface area contributed by atoms with Gasteiger partial charge in [-0.1, -0.05) is 12.1 Å². The normalized spacial score (nSPS) is 10.3. The average Bonchev–Trinajstić information content (AvgIpc) is 2.45. The fraction of sp³-hybridized carbons (Fsp3) is 0.500. The Morgan fingerprint density at radius 3 is 2.43 bits per heavy atom. The van der Waals surface area contributed by atoms with E-state index < -0.39 is 0 Å². The monoisotopic (exact) mass is 308 g/mol. The standard InChI is InChI=1S/C16H24N2O2S/c1-5-18(6-2)16(20)11-21-10-15(19)17-14-9-7-8-12(3)13(14)4/h7-9H,5-6,10-11H2,1-4H3,(H,17,19). The van der Waals surface area contributed by atoms with Crippen LogP contribution in [0.2, 0.25) is 0 Å². The summed E-state index contributed by atoms with van der Waals surface area (Å²) in [7, 11) is 0. The summed E-state index contributed by atoms with van der Waals surface area (Å²) >= 11 is 1.35. The van der Waals surface area contributed by atoms with Crippen LogP contribution in [-0.4, -0.2) is 41.3 Å². The molecule has 0 spiro atoms. The minimum Gasteiger partial charge on any atom is -0.343 e. The third-order valence-electron chi connectivity index (χ3n) is 3.45. The second-order valence-corrected chi connectivity index (χ2v) is 5.84. The Labute approximate surface area is 131 Å². The number of nitrogens with zero attached hydrogens (tertiary/aromatic N) is 1. The van der Waals surface area contributed by atoms with Gasteiger partial charge in [0.25, 0.3) is 0 Å². The molecule has 1 aromatic carbocycles. The van der Waals surface area contributed by atoms with Crippen molar-refractivity contribution in [1.29, 1.82) is 0 Å². The van der Waals surface area contributed by atoms with E-state index in [1.165, 1.54) is 11.8 Å². The molecule has 0 saturated heterocycles. The third kappa shape index (κ3) is 5.42. The molecule has 0 unspecified atom stereocenters. The molecule has 21 heavy (non-hydrogen) atoms. The molecule has 2 amide bonds. The SMILES string of the molecule is CCN(CC)C(=O)CSCC(=O)Nc1cccc(C)c1C. The minimum atomic E-state index is -0.0685. The highest BCUT2D eigenvalue weighted by Crippen LogP contribution is 2.18. The van der Waals surface area contributed by atoms with Crippen molar-refractivity contribution >= 4 is 29.3 Å². The Balaban J connectivity index is 2.41. The molecule has 0 atom stereocenters. The van der Waals surface area contributed by atoms with Crippen LogP contribution < -0.4 is 5.32 Å². The number of hydrogen-bond donors (Lipinski definition) is 1. The quantitative estimate of drug-likeness (QED) is 0.842. The number of thioether (sulfide) groups is 1. The van der Waals surface area contributed by atoms with Crippen LogP contribution in [0, 0.1) is 13.8 Å². The van der Waals surface area contributed by atoms with Crippen molar-refractivity contribution in [2.24, 2.45) is 0 Å². The summed E-state index contributed by atoms with van der Waals surface area (Å²) < 4.78 is 0. The number of aryl methyl sites for hydroxylation is 1. The zero-order valence-corrected chi connectivity index (χ0v) is 14.0. The zero-order valence-electron chi connectivity index (χ0n) is 13.2. The van der Waals surface area contributed by atoms with Gasteiger partial charge >= 0.3 is 0 Å². The van der Waals surface area contributed by atoms with Gasteiger partial charge in [-0.3, -0.25) is 9.59 Å². The van der Waals surface area contributed by atoms with Crippen molar-refractivity contribution in [2.45, 2.75) is 27.7 Å². The Kier molecular flexibility index (Phi) is 7.29. The molecule has 0 aliphatic heterocycles. The molecule has 0 fully saturated rings. The fourth-order valence-electron chi connectivity index (χ4n) is 1.97. The van der Waals surface area contributed by atoms with Gasteiger partial charge in [0.1, 0.15) is 0 Å². The molecule has 0 aromatic heterocycles. The number of carbonyl (C=O) groups excluding carboxylic acids is 2. The molecule has 1 aromatic rings. The Bertz CT molecular complexity index is 499. The highest BCUT2D eigenvalue weighted by molar-refractivity contribution is 8.00. The van der Waals surface area contributed by atoms with Crippen LogP contribution in [0.15, 0.2) is 18.2 Å². The van der Waals surface area contributed by atoms with E-state index in [2.05, 4.69) is 5.32 Å². The highest BCUT2D eigenvalue weighted by Gasteiger charge is 2.11. The second kappa shape index (κ2) is 8.72. The van der Waals surface area contributed by atoms with Gasteiger partial charge in [0.2, 0.25) is 11.8 Å². The molecule has 5 heteroatoms. The van der Waals surface area contributed by atoms with E-state index in [0.29, 0.717) is 24.6 Å². The van der Waals surface area contributed by atoms with Crippen molar-refractivity contribution in [3.63, 3.8) is 0 Å². The largest absolute Gasteiger partial charge is 0.343 e. The molecule has 0 radical (unpaired) electrons. The van der Waals surface area contributed by atoms with Gasteiger partial charge in [0.15, 0.2) is 0 Å². The number of rotatable bonds is 7. The first kappa shape index (κ1) is 17.6. The number of nitrogens with one attached hydrogen (secondary N) is 1. The molecule has 0 aliphatic rings. The first-order valence-electron chi connectivity index (χ1n) is 7.21. The summed E-state index contributed by atoms with van der Waals surface area (Å²) in [5, 5.41) is 2.90. The topological polar surface area (TPSA) is 49.4 Å². The van der Waals surface area contributed by atoms with Crippen molar-refractivity contribution in [2.75, 3.05) is 29.9 Å². The lowest BCUT2D eigenvalue weighted by atomic mass is 10.1. The van der Waals surface area contributed by atoms with Crippen LogP contribution >= 0.6 is 11.8 Å². The lowest BCUT2D eigenvalue weighted by Crippen LogP contribution is -2.32. The van der Waals surface area contributed by atoms with Gasteiger partial charge in [-0.25, -0.2) is 0 Å². The predicted octanol–water partition coefficient (Wildman–Crippen LogP) is 2.84. The van der Waals surface area contributed by atoms with Crippen LogP contribution in [0.1, 0.15) is 25.0 Å². The van der Waals surface area contributed by atoms with Crippen molar-refractivity contribution < 1.29 is 9.59 Å². The summed E-state index contributed by atoms with van der Waals surface area (Å²) in [4.78, 5) is 25.5. The first-order valence-corrected chi connectivity index (χ1v) is 8.36. The Hall–Kier alpha value is -1.49. The van der Waals surface area contributed by atoms with Crippen molar-refractivity contribution in [1.82, 2.24) is 4.90 Å². The third-order valence-corrected chi connectivity index (χ3v) is 4.37. The molecule has 1 N–H and O–H groups in total. The van der Waals surface area contributed by atoms with Crippen molar-refractivity contribution in [3.05, 3.63) is 29.3 Å². The van der Waals surface area contributed by atoms with E-state index in [4.69, 9.17) is 0 Å². The van der Waals surface area contributed by atoms with E-state index >= 15 is 0 Å². The van der Waals surface area contributed by atoms with Crippen molar-refractivity contribution in [3.8, 4) is 0 Å². The lowest BCUT2D eigenvalue weighted by Gasteiger charge is -2.18. The van der Waals surface area contributed by atoms with Gasteiger partial charge in [0, 0.05) is 18.8 Å². The first-order chi connectivity index (χ1) is 9.99. The fourth-order valence-corrected chi connectivity index (χ4v) is 2.69. The van der Waals surface area contributed by atoms with Crippen LogP contribution in [0.5, 0.6) is 0 Å². The Morgan fingerprint density at radius 1 is 1.14 bits per heavy atom. The molecule has 1 rings (SSSR count). The lowest BCUT2D eigenvalue weighted by molar-refractivity contribution is -0.127. The number of amides is 2. The Morgan fingerprint density at radius 2 is 1.81 bits per heavy atom. The molecule has 116 valence electrons. The summed E-state index contributed by atoms with van der Waals surface area (Å²) in [6.07, 6.45) is 0. The number of carbonyl (C=O) groups is 2. The van der Waals surface area contributed by atoms with E-state index in [9.17, 15) is 9.59 Å². The maximum absolute atomic E-state index is 11.9. The maximum Gasteiger partial charge on any atom is 0.234 e. The molecular weight excluding hydrogens is 284 g/mol. The summed E-state index contributed by atoms with van der Waals surface area (Å²) in [5.41, 5.74) is 3.07. The number of benzene rings is 1. The van der Waals surface area contributed by atoms with Crippen LogP contribution in [0.25, 0.3) is 0 Å². The van der Waals surface area contributed by atoms with Gasteiger partial charge < -0.3 is 10.2 Å². The van der Waals surface area contributed by atoms with Gasteiger partial charge in [0.05, 0.1) is 11.5 Å². The number of hydrogen-bond acceptors (Lipinski definition) is 3. The van der Waals surface area contributed by atoms with E-state index in [1.807, 2.05) is 45.9 Å². The summed E-state index contributed by atoms with van der Waals surface area (Å²) in [6, 6.07) is 5.84. The molecule has 0 saturated carbocycles. The molecule has 4 nitrogen and oxygen atoms in total. The van der Waals surface area contributed by atoms with Gasteiger partial charge in [-0.15, -0.1) is 11.8 Å². The van der Waals surface area contributed by atoms with E-state index in [-0.39, 0.29) is 11.8 Å². The summed E-state index contributed by atoms with van der Waals surface area (Å²) in [5.74, 6) is 0.660. The molecule has 0 aliphatic carbocycles. The molecule has 0 bridgehead atoms. The van der Waals surface area contributed by atoms with Gasteiger partial charge in [-0.2, -0.15) is 0 Å². The number of anilines is 1. The smallest absolute Gasteiger partial charge is 0.234 e. The zero-order chi connectivity index (χ0) is 15.8. The maximum atomic E-state index is 11.9. The minimum absolute atomic E-state index is 0.0685.